The third-order valence-electron chi connectivity index (χ3n) is 2.30. The molecule has 1 unspecified atom stereocenters. The van der Waals surface area contributed by atoms with E-state index in [1.807, 2.05) is 25.1 Å². The van der Waals surface area contributed by atoms with Crippen LogP contribution in [0.1, 0.15) is 30.1 Å². The van der Waals surface area contributed by atoms with Gasteiger partial charge in [-0.05, 0) is 12.5 Å². The molecule has 0 bridgehead atoms. The normalized spacial score (nSPS) is 12.7. The second-order valence-corrected chi connectivity index (χ2v) is 3.41. The summed E-state index contributed by atoms with van der Waals surface area (Å²) < 4.78 is 0. The van der Waals surface area contributed by atoms with Crippen LogP contribution in [0.15, 0.2) is 30.3 Å². The van der Waals surface area contributed by atoms with E-state index in [-0.39, 0.29) is 5.92 Å². The van der Waals surface area contributed by atoms with Crippen molar-refractivity contribution in [2.75, 3.05) is 0 Å². The lowest BCUT2D eigenvalue weighted by atomic mass is 10.0. The van der Waals surface area contributed by atoms with Gasteiger partial charge in [-0.1, -0.05) is 37.3 Å². The summed E-state index contributed by atoms with van der Waals surface area (Å²) in [5, 5.41) is 7.01. The highest BCUT2D eigenvalue weighted by Crippen LogP contribution is 2.19. The van der Waals surface area contributed by atoms with Gasteiger partial charge in [0.1, 0.15) is 5.82 Å². The van der Waals surface area contributed by atoms with Crippen molar-refractivity contribution in [3.8, 4) is 0 Å². The van der Waals surface area contributed by atoms with Gasteiger partial charge in [0, 0.05) is 5.92 Å². The topological polar surface area (TPSA) is 41.6 Å². The lowest BCUT2D eigenvalue weighted by Gasteiger charge is -2.06. The van der Waals surface area contributed by atoms with E-state index in [0.717, 1.165) is 11.6 Å². The summed E-state index contributed by atoms with van der Waals surface area (Å²) in [6.45, 7) is 4.02. The molecule has 14 heavy (non-hydrogen) atoms. The van der Waals surface area contributed by atoms with E-state index >= 15 is 0 Å². The van der Waals surface area contributed by atoms with Crippen LogP contribution in [-0.2, 0) is 0 Å². The number of benzene rings is 1. The Morgan fingerprint density at radius 1 is 1.21 bits per heavy atom. The molecular formula is C11H13N3. The number of aromatic nitrogens is 3. The fourth-order valence-corrected chi connectivity index (χ4v) is 1.44. The van der Waals surface area contributed by atoms with Gasteiger partial charge < -0.3 is 0 Å². The Labute approximate surface area is 83.2 Å². The van der Waals surface area contributed by atoms with E-state index < -0.39 is 0 Å². The van der Waals surface area contributed by atoms with Crippen LogP contribution < -0.4 is 0 Å². The molecule has 0 saturated heterocycles. The summed E-state index contributed by atoms with van der Waals surface area (Å²) in [5.41, 5.74) is 1.24. The number of rotatable bonds is 2. The molecule has 1 N–H and O–H groups in total. The third-order valence-corrected chi connectivity index (χ3v) is 2.30. The summed E-state index contributed by atoms with van der Waals surface area (Å²) in [5.74, 6) is 1.97. The van der Waals surface area contributed by atoms with Gasteiger partial charge in [-0.3, -0.25) is 5.10 Å². The standard InChI is InChI=1S/C11H13N3/c1-8(10-6-4-3-5-7-10)11-12-9(2)13-14-11/h3-8H,1-2H3,(H,12,13,14). The molecule has 0 spiro atoms. The first kappa shape index (κ1) is 8.94. The Morgan fingerprint density at radius 3 is 2.50 bits per heavy atom. The largest absolute Gasteiger partial charge is 0.263 e. The van der Waals surface area contributed by atoms with Gasteiger partial charge in [-0.25, -0.2) is 4.98 Å². The van der Waals surface area contributed by atoms with Crippen LogP contribution in [0.3, 0.4) is 0 Å². The molecule has 3 nitrogen and oxygen atoms in total. The van der Waals surface area contributed by atoms with Crippen molar-refractivity contribution in [2.45, 2.75) is 19.8 Å². The molecule has 1 atom stereocenters. The minimum Gasteiger partial charge on any atom is -0.263 e. The Balaban J connectivity index is 2.29. The van der Waals surface area contributed by atoms with Gasteiger partial charge in [-0.15, -0.1) is 0 Å². The van der Waals surface area contributed by atoms with Gasteiger partial charge in [0.05, 0.1) is 0 Å². The van der Waals surface area contributed by atoms with Crippen LogP contribution in [0.4, 0.5) is 0 Å². The van der Waals surface area contributed by atoms with Crippen molar-refractivity contribution < 1.29 is 0 Å². The first-order valence-electron chi connectivity index (χ1n) is 4.71. The Bertz CT molecular complexity index is 405. The maximum absolute atomic E-state index is 4.32. The fourth-order valence-electron chi connectivity index (χ4n) is 1.44. The molecule has 0 radical (unpaired) electrons. The fraction of sp³-hybridized carbons (Fsp3) is 0.273. The van der Waals surface area contributed by atoms with Crippen LogP contribution in [0.25, 0.3) is 0 Å². The molecule has 0 aliphatic rings. The molecule has 72 valence electrons. The maximum Gasteiger partial charge on any atom is 0.157 e. The number of nitrogens with one attached hydrogen (secondary N) is 1. The van der Waals surface area contributed by atoms with Crippen LogP contribution in [-0.4, -0.2) is 15.2 Å². The van der Waals surface area contributed by atoms with Gasteiger partial charge in [0.2, 0.25) is 0 Å². The minimum absolute atomic E-state index is 0.251. The predicted octanol–water partition coefficient (Wildman–Crippen LogP) is 2.26. The highest BCUT2D eigenvalue weighted by Gasteiger charge is 2.11. The van der Waals surface area contributed by atoms with Crippen molar-refractivity contribution in [3.63, 3.8) is 0 Å². The second-order valence-electron chi connectivity index (χ2n) is 3.41. The molecule has 2 rings (SSSR count). The highest BCUT2D eigenvalue weighted by molar-refractivity contribution is 5.24. The smallest absolute Gasteiger partial charge is 0.157 e. The van der Waals surface area contributed by atoms with Crippen LogP contribution in [0.2, 0.25) is 0 Å². The molecule has 0 amide bonds. The first-order chi connectivity index (χ1) is 6.77. The SMILES string of the molecule is Cc1nc(C(C)c2ccccc2)n[nH]1. The number of aryl methyl sites for hydroxylation is 1. The zero-order valence-electron chi connectivity index (χ0n) is 8.36. The number of hydrogen-bond acceptors (Lipinski definition) is 2. The lowest BCUT2D eigenvalue weighted by Crippen LogP contribution is -1.98. The second kappa shape index (κ2) is 3.62. The summed E-state index contributed by atoms with van der Waals surface area (Å²) in [6, 6.07) is 10.3. The lowest BCUT2D eigenvalue weighted by molar-refractivity contribution is 0.823. The molecule has 0 fully saturated rings. The zero-order valence-corrected chi connectivity index (χ0v) is 8.36. The van der Waals surface area contributed by atoms with Gasteiger partial charge in [-0.2, -0.15) is 5.10 Å². The number of nitrogens with zero attached hydrogens (tertiary/aromatic N) is 2. The van der Waals surface area contributed by atoms with Crippen LogP contribution in [0.5, 0.6) is 0 Å². The quantitative estimate of drug-likeness (QED) is 0.783. The van der Waals surface area contributed by atoms with Gasteiger partial charge in [0.15, 0.2) is 5.82 Å². The predicted molar refractivity (Wildman–Crippen MR) is 55.1 cm³/mol. The number of H-pyrrole nitrogens is 1. The van der Waals surface area contributed by atoms with Crippen molar-refractivity contribution in [1.29, 1.82) is 0 Å². The molecule has 1 aromatic carbocycles. The average molecular weight is 187 g/mol. The molecule has 2 aromatic rings. The molecule has 1 aromatic heterocycles. The molecule has 0 saturated carbocycles. The molecular weight excluding hydrogens is 174 g/mol. The summed E-state index contributed by atoms with van der Waals surface area (Å²) in [4.78, 5) is 4.32. The molecule has 0 aliphatic heterocycles. The van der Waals surface area contributed by atoms with Gasteiger partial charge in [0.25, 0.3) is 0 Å². The monoisotopic (exact) mass is 187 g/mol. The third kappa shape index (κ3) is 1.66. The van der Waals surface area contributed by atoms with E-state index in [1.54, 1.807) is 0 Å². The van der Waals surface area contributed by atoms with Crippen molar-refractivity contribution in [2.24, 2.45) is 0 Å². The van der Waals surface area contributed by atoms with E-state index in [0.29, 0.717) is 0 Å². The Morgan fingerprint density at radius 2 is 1.93 bits per heavy atom. The molecule has 0 aliphatic carbocycles. The van der Waals surface area contributed by atoms with Crippen LogP contribution >= 0.6 is 0 Å². The maximum atomic E-state index is 4.32. The first-order valence-corrected chi connectivity index (χ1v) is 4.71. The average Bonchev–Trinajstić information content (AvgIpc) is 2.65. The van der Waals surface area contributed by atoms with E-state index in [1.165, 1.54) is 5.56 Å². The van der Waals surface area contributed by atoms with Gasteiger partial charge >= 0.3 is 0 Å². The van der Waals surface area contributed by atoms with E-state index in [2.05, 4.69) is 34.2 Å². The van der Waals surface area contributed by atoms with Crippen LogP contribution in [0, 0.1) is 6.92 Å². The van der Waals surface area contributed by atoms with Crippen molar-refractivity contribution >= 4 is 0 Å². The molecule has 1 heterocycles. The summed E-state index contributed by atoms with van der Waals surface area (Å²) in [7, 11) is 0. The van der Waals surface area contributed by atoms with E-state index in [4.69, 9.17) is 0 Å². The highest BCUT2D eigenvalue weighted by atomic mass is 15.2. The number of aromatic amines is 1. The van der Waals surface area contributed by atoms with E-state index in [9.17, 15) is 0 Å². The number of hydrogen-bond donors (Lipinski definition) is 1. The molecule has 3 heteroatoms. The van der Waals surface area contributed by atoms with Crippen molar-refractivity contribution in [3.05, 3.63) is 47.5 Å². The van der Waals surface area contributed by atoms with Crippen molar-refractivity contribution in [1.82, 2.24) is 15.2 Å². The summed E-state index contributed by atoms with van der Waals surface area (Å²) in [6.07, 6.45) is 0. The zero-order chi connectivity index (χ0) is 9.97. The Hall–Kier alpha value is -1.64. The minimum atomic E-state index is 0.251. The summed E-state index contributed by atoms with van der Waals surface area (Å²) >= 11 is 0. The Kier molecular flexibility index (Phi) is 2.31.